The van der Waals surface area contributed by atoms with Crippen LogP contribution in [-0.4, -0.2) is 22.3 Å². The Morgan fingerprint density at radius 2 is 2.00 bits per heavy atom. The summed E-state index contributed by atoms with van der Waals surface area (Å²) in [5.41, 5.74) is 4.64. The first-order valence-electron chi connectivity index (χ1n) is 7.59. The Kier molecular flexibility index (Phi) is 3.21. The Labute approximate surface area is 132 Å². The second kappa shape index (κ2) is 5.09. The molecule has 1 atom stereocenters. The number of alkyl halides is 1. The van der Waals surface area contributed by atoms with Crippen molar-refractivity contribution >= 4 is 38.4 Å². The van der Waals surface area contributed by atoms with Crippen LogP contribution in [0.2, 0.25) is 0 Å². The van der Waals surface area contributed by atoms with E-state index in [4.69, 9.17) is 4.98 Å². The number of hydrogen-bond acceptors (Lipinski definition) is 2. The van der Waals surface area contributed by atoms with Gasteiger partial charge in [0.15, 0.2) is 0 Å². The van der Waals surface area contributed by atoms with Gasteiger partial charge in [-0.1, -0.05) is 34.1 Å². The van der Waals surface area contributed by atoms with Crippen LogP contribution >= 0.6 is 15.9 Å². The SMILES string of the molecule is O=C1CC(Br)CN1c1c2c(nc3ccccc13)CCCC2. The molecule has 2 aromatic rings. The molecule has 1 aromatic heterocycles. The van der Waals surface area contributed by atoms with Crippen molar-refractivity contribution in [2.75, 3.05) is 11.4 Å². The molecule has 1 unspecified atom stereocenters. The fourth-order valence-electron chi connectivity index (χ4n) is 3.54. The predicted molar refractivity (Wildman–Crippen MR) is 88.1 cm³/mol. The van der Waals surface area contributed by atoms with Crippen molar-refractivity contribution in [1.82, 2.24) is 4.98 Å². The van der Waals surface area contributed by atoms with Crippen molar-refractivity contribution in [3.8, 4) is 0 Å². The van der Waals surface area contributed by atoms with Crippen LogP contribution in [0.15, 0.2) is 24.3 Å². The quantitative estimate of drug-likeness (QED) is 0.740. The molecule has 4 rings (SSSR count). The summed E-state index contributed by atoms with van der Waals surface area (Å²) in [4.78, 5) is 19.5. The van der Waals surface area contributed by atoms with Gasteiger partial charge >= 0.3 is 0 Å². The van der Waals surface area contributed by atoms with E-state index in [1.54, 1.807) is 0 Å². The number of benzene rings is 1. The number of rotatable bonds is 1. The molecular weight excluding hydrogens is 328 g/mol. The topological polar surface area (TPSA) is 33.2 Å². The Bertz CT molecular complexity index is 728. The van der Waals surface area contributed by atoms with Gasteiger partial charge in [0.1, 0.15) is 0 Å². The minimum absolute atomic E-state index is 0.223. The number of pyridine rings is 1. The molecule has 1 aliphatic heterocycles. The smallest absolute Gasteiger partial charge is 0.228 e. The van der Waals surface area contributed by atoms with E-state index in [1.165, 1.54) is 24.1 Å². The lowest BCUT2D eigenvalue weighted by Crippen LogP contribution is -2.27. The average Bonchev–Trinajstić information content (AvgIpc) is 2.83. The van der Waals surface area contributed by atoms with Gasteiger partial charge in [-0.25, -0.2) is 0 Å². The summed E-state index contributed by atoms with van der Waals surface area (Å²) in [6.45, 7) is 0.763. The number of halogens is 1. The number of para-hydroxylation sites is 1. The highest BCUT2D eigenvalue weighted by atomic mass is 79.9. The molecule has 21 heavy (non-hydrogen) atoms. The summed E-state index contributed by atoms with van der Waals surface area (Å²) in [6.07, 6.45) is 5.06. The Balaban J connectivity index is 1.98. The van der Waals surface area contributed by atoms with Crippen molar-refractivity contribution in [3.05, 3.63) is 35.5 Å². The van der Waals surface area contributed by atoms with Gasteiger partial charge in [-0.3, -0.25) is 9.78 Å². The highest BCUT2D eigenvalue weighted by molar-refractivity contribution is 9.09. The maximum atomic E-state index is 12.4. The number of anilines is 1. The van der Waals surface area contributed by atoms with Crippen LogP contribution in [0.1, 0.15) is 30.5 Å². The van der Waals surface area contributed by atoms with Gasteiger partial charge in [0, 0.05) is 28.9 Å². The highest BCUT2D eigenvalue weighted by Crippen LogP contribution is 2.38. The van der Waals surface area contributed by atoms with E-state index < -0.39 is 0 Å². The molecular formula is C17H17BrN2O. The molecule has 0 bridgehead atoms. The third-order valence-corrected chi connectivity index (χ3v) is 5.10. The predicted octanol–water partition coefficient (Wildman–Crippen LogP) is 3.61. The van der Waals surface area contributed by atoms with Gasteiger partial charge in [0.05, 0.1) is 11.2 Å². The number of carbonyl (C=O) groups is 1. The monoisotopic (exact) mass is 344 g/mol. The standard InChI is InChI=1S/C17H17BrN2O/c18-11-9-16(21)20(10-11)17-12-5-1-3-7-14(12)19-15-8-4-2-6-13(15)17/h1,3,5,7,11H,2,4,6,8-10H2. The van der Waals surface area contributed by atoms with Gasteiger partial charge in [0.2, 0.25) is 5.91 Å². The van der Waals surface area contributed by atoms with Gasteiger partial charge < -0.3 is 4.90 Å². The van der Waals surface area contributed by atoms with Crippen molar-refractivity contribution in [2.24, 2.45) is 0 Å². The van der Waals surface area contributed by atoms with E-state index in [2.05, 4.69) is 28.1 Å². The number of fused-ring (bicyclic) bond motifs is 2. The van der Waals surface area contributed by atoms with Crippen molar-refractivity contribution in [1.29, 1.82) is 0 Å². The maximum absolute atomic E-state index is 12.4. The molecule has 1 fully saturated rings. The van der Waals surface area contributed by atoms with E-state index in [1.807, 2.05) is 17.0 Å². The third kappa shape index (κ3) is 2.16. The molecule has 1 aliphatic carbocycles. The zero-order valence-corrected chi connectivity index (χ0v) is 13.4. The number of aromatic nitrogens is 1. The summed E-state index contributed by atoms with van der Waals surface area (Å²) < 4.78 is 0. The largest absolute Gasteiger partial charge is 0.310 e. The molecule has 1 amide bonds. The average molecular weight is 345 g/mol. The maximum Gasteiger partial charge on any atom is 0.228 e. The van der Waals surface area contributed by atoms with E-state index in [9.17, 15) is 4.79 Å². The van der Waals surface area contributed by atoms with Crippen molar-refractivity contribution < 1.29 is 4.79 Å². The van der Waals surface area contributed by atoms with E-state index >= 15 is 0 Å². The molecule has 1 aromatic carbocycles. The number of aryl methyl sites for hydroxylation is 1. The molecule has 108 valence electrons. The molecule has 0 N–H and O–H groups in total. The molecule has 4 heteroatoms. The number of amides is 1. The van der Waals surface area contributed by atoms with Gasteiger partial charge in [0.25, 0.3) is 0 Å². The number of nitrogens with zero attached hydrogens (tertiary/aromatic N) is 2. The zero-order chi connectivity index (χ0) is 14.4. The zero-order valence-electron chi connectivity index (χ0n) is 11.8. The lowest BCUT2D eigenvalue weighted by atomic mass is 9.92. The molecule has 1 saturated heterocycles. The van der Waals surface area contributed by atoms with Crippen molar-refractivity contribution in [2.45, 2.75) is 36.9 Å². The van der Waals surface area contributed by atoms with Crippen LogP contribution in [0.5, 0.6) is 0 Å². The molecule has 3 nitrogen and oxygen atoms in total. The molecule has 0 radical (unpaired) electrons. The molecule has 2 aliphatic rings. The first-order valence-corrected chi connectivity index (χ1v) is 8.50. The second-order valence-corrected chi connectivity index (χ2v) is 7.21. The van der Waals surface area contributed by atoms with Crippen LogP contribution in [0.3, 0.4) is 0 Å². The van der Waals surface area contributed by atoms with Crippen LogP contribution < -0.4 is 4.90 Å². The van der Waals surface area contributed by atoms with E-state index in [-0.39, 0.29) is 10.7 Å². The first kappa shape index (κ1) is 13.3. The molecule has 0 saturated carbocycles. The van der Waals surface area contributed by atoms with Crippen LogP contribution in [0, 0.1) is 0 Å². The summed E-state index contributed by atoms with van der Waals surface area (Å²) in [6, 6.07) is 8.21. The fraction of sp³-hybridized carbons (Fsp3) is 0.412. The van der Waals surface area contributed by atoms with Crippen LogP contribution in [0.25, 0.3) is 10.9 Å². The Hall–Kier alpha value is -1.42. The highest BCUT2D eigenvalue weighted by Gasteiger charge is 2.32. The number of carbonyl (C=O) groups excluding carboxylic acids is 1. The van der Waals surface area contributed by atoms with Crippen LogP contribution in [-0.2, 0) is 17.6 Å². The lowest BCUT2D eigenvalue weighted by molar-refractivity contribution is -0.117. The Morgan fingerprint density at radius 3 is 2.81 bits per heavy atom. The first-order chi connectivity index (χ1) is 10.2. The summed E-state index contributed by atoms with van der Waals surface area (Å²) in [5, 5.41) is 1.12. The molecule has 0 spiro atoms. The van der Waals surface area contributed by atoms with Gasteiger partial charge in [-0.05, 0) is 37.3 Å². The van der Waals surface area contributed by atoms with E-state index in [0.29, 0.717) is 6.42 Å². The van der Waals surface area contributed by atoms with Crippen LogP contribution in [0.4, 0.5) is 5.69 Å². The fourth-order valence-corrected chi connectivity index (χ4v) is 4.10. The molecule has 2 heterocycles. The Morgan fingerprint density at radius 1 is 1.19 bits per heavy atom. The van der Waals surface area contributed by atoms with E-state index in [0.717, 1.165) is 36.0 Å². The normalized spacial score (nSPS) is 21.9. The summed E-state index contributed by atoms with van der Waals surface area (Å²) in [5.74, 6) is 0.223. The lowest BCUT2D eigenvalue weighted by Gasteiger charge is -2.26. The second-order valence-electron chi connectivity index (χ2n) is 5.92. The van der Waals surface area contributed by atoms with Gasteiger partial charge in [-0.15, -0.1) is 0 Å². The minimum atomic E-state index is 0.223. The summed E-state index contributed by atoms with van der Waals surface area (Å²) in [7, 11) is 0. The van der Waals surface area contributed by atoms with Gasteiger partial charge in [-0.2, -0.15) is 0 Å². The third-order valence-electron chi connectivity index (χ3n) is 4.49. The number of hydrogen-bond donors (Lipinski definition) is 0. The summed E-state index contributed by atoms with van der Waals surface area (Å²) >= 11 is 3.60. The van der Waals surface area contributed by atoms with Crippen molar-refractivity contribution in [3.63, 3.8) is 0 Å². The minimum Gasteiger partial charge on any atom is -0.310 e.